The molecule has 69 heavy (non-hydrogen) atoms. The smallest absolute Gasteiger partial charge is 0.329 e. The van der Waals surface area contributed by atoms with Crippen molar-refractivity contribution in [2.75, 3.05) is 41.1 Å². The number of hydrogen-bond donors (Lipinski definition) is 2. The Hall–Kier alpha value is -3.07. The minimum absolute atomic E-state index is 0.0321. The van der Waals surface area contributed by atoms with Crippen LogP contribution in [-0.4, -0.2) is 134 Å². The summed E-state index contributed by atoms with van der Waals surface area (Å²) in [7, 11) is 0.595. The molecule has 3 heterocycles. The molecule has 2 bridgehead atoms. The second-order valence-electron chi connectivity index (χ2n) is 20.7. The van der Waals surface area contributed by atoms with Crippen molar-refractivity contribution in [1.82, 2.24) is 4.90 Å². The summed E-state index contributed by atoms with van der Waals surface area (Å²) in [6.07, 6.45) is 11.1. The maximum absolute atomic E-state index is 14.5. The van der Waals surface area contributed by atoms with Crippen LogP contribution in [0.15, 0.2) is 59.8 Å². The van der Waals surface area contributed by atoms with Gasteiger partial charge in [-0.15, -0.1) is 0 Å². The van der Waals surface area contributed by atoms with Crippen LogP contribution in [0.25, 0.3) is 0 Å². The molecule has 390 valence electrons. The molecule has 0 radical (unpaired) electrons. The number of hydrogen-bond acceptors (Lipinski definition) is 13. The number of rotatable bonds is 8. The SMILES string of the molecule is [2H]C([2H])([2H])P(C)(=O)O[C@@H]1CC[C@@H](C[C@@H](C)[C@@H]2CC(=O)[C@H](C)/C=C(\C)[C@@H](O)[C@@H](OC)C(=C)[C@H](C)C[C@H](C)/C=C/C=C/C=C(\C)[C@@H](OC)C[C@@H]3CC[C@@H](C)[C@@](O)(O3)C(=O)C(=O)N3CCCC[C@H]3C(=O)O2)C[C@H]1OC. The lowest BCUT2D eigenvalue weighted by atomic mass is 9.78. The van der Waals surface area contributed by atoms with Crippen LogP contribution in [0.2, 0.25) is 0 Å². The molecule has 2 saturated heterocycles. The fourth-order valence-electron chi connectivity index (χ4n) is 10.6. The lowest BCUT2D eigenvalue weighted by molar-refractivity contribution is -0.265. The summed E-state index contributed by atoms with van der Waals surface area (Å²) in [5, 5.41) is 23.7. The Morgan fingerprint density at radius 2 is 1.65 bits per heavy atom. The lowest BCUT2D eigenvalue weighted by Crippen LogP contribution is -2.61. The molecule has 3 aliphatic heterocycles. The van der Waals surface area contributed by atoms with Crippen molar-refractivity contribution < 1.29 is 66.3 Å². The van der Waals surface area contributed by atoms with Crippen LogP contribution in [0, 0.1) is 35.5 Å². The Morgan fingerprint density at radius 3 is 2.32 bits per heavy atom. The standard InChI is InChI=1S/C54H86NO13P/c1-33-19-15-14-16-20-34(2)46(63-9)31-42-24-22-39(7)54(61,67-42)51(58)52(59)55-26-18-17-21-43(55)53(60)66-47(37(5)29-41-23-25-45(48(30-41)64-10)68-69(12,13)62)32-44(56)36(4)28-38(6)49(57)50(65-11)40(8)35(3)27-33/h14-16,19-20,28,33,35-37,39,41-43,45-50,57,61H,8,17-18,21-27,29-32H2,1-7,9-13H3/b16-14+,19-15+,34-20+,38-28+/t33-,35-,36-,37-,39-,41+,42+,43+,45-,46+,47+,48-,49-,50+,54-/m1/s1/i12D3/t33-,35-,36-,37-,39-,41+,42+,43+,45-,46+,47+,48-,49-,50+,54-,69?. The molecule has 0 aromatic heterocycles. The van der Waals surface area contributed by atoms with Gasteiger partial charge in [0.2, 0.25) is 5.79 Å². The van der Waals surface area contributed by atoms with E-state index in [4.69, 9.17) is 32.3 Å². The molecule has 1 aliphatic carbocycles. The predicted molar refractivity (Wildman–Crippen MR) is 268 cm³/mol. The molecule has 1 amide bonds. The number of fused-ring (bicyclic) bond motifs is 3. The third kappa shape index (κ3) is 16.2. The van der Waals surface area contributed by atoms with Crippen molar-refractivity contribution in [3.63, 3.8) is 0 Å². The van der Waals surface area contributed by atoms with Gasteiger partial charge in [0.15, 0.2) is 7.37 Å². The van der Waals surface area contributed by atoms with Gasteiger partial charge in [0.05, 0.1) is 24.4 Å². The van der Waals surface area contributed by atoms with Gasteiger partial charge in [-0.3, -0.25) is 18.9 Å². The van der Waals surface area contributed by atoms with E-state index in [0.29, 0.717) is 68.9 Å². The molecule has 14 nitrogen and oxygen atoms in total. The molecule has 16 atom stereocenters. The maximum atomic E-state index is 14.5. The number of aliphatic hydroxyl groups excluding tert-OH is 1. The molecule has 4 rings (SSSR count). The number of cyclic esters (lactones) is 1. The van der Waals surface area contributed by atoms with Crippen molar-refractivity contribution in [2.45, 2.75) is 180 Å². The number of ether oxygens (including phenoxy) is 5. The summed E-state index contributed by atoms with van der Waals surface area (Å²) in [5.74, 6) is -7.54. The number of piperidine rings is 1. The van der Waals surface area contributed by atoms with Gasteiger partial charge in [0.1, 0.15) is 30.1 Å². The third-order valence-corrected chi connectivity index (χ3v) is 15.7. The Kier molecular flexibility index (Phi) is 20.7. The van der Waals surface area contributed by atoms with E-state index in [0.717, 1.165) is 18.7 Å². The normalized spacial score (nSPS) is 40.5. The first-order valence-corrected chi connectivity index (χ1v) is 27.2. The van der Waals surface area contributed by atoms with Crippen molar-refractivity contribution in [3.8, 4) is 0 Å². The number of aliphatic hydroxyl groups is 2. The summed E-state index contributed by atoms with van der Waals surface area (Å²) in [4.78, 5) is 58.7. The highest BCUT2D eigenvalue weighted by Crippen LogP contribution is 2.45. The number of methoxy groups -OCH3 is 3. The van der Waals surface area contributed by atoms with Gasteiger partial charge in [-0.05, 0) is 118 Å². The number of amides is 1. The number of nitrogens with zero attached hydrogens (tertiary/aromatic N) is 1. The zero-order valence-corrected chi connectivity index (χ0v) is 44.1. The van der Waals surface area contributed by atoms with E-state index >= 15 is 0 Å². The first-order chi connectivity index (χ1) is 33.7. The molecule has 0 aromatic carbocycles. The summed E-state index contributed by atoms with van der Waals surface area (Å²) in [6, 6.07) is -1.18. The van der Waals surface area contributed by atoms with E-state index in [1.54, 1.807) is 34.0 Å². The average molecular weight is 991 g/mol. The Balaban J connectivity index is 1.70. The van der Waals surface area contributed by atoms with Gasteiger partial charge in [-0.2, -0.15) is 0 Å². The first kappa shape index (κ1) is 53.7. The van der Waals surface area contributed by atoms with Crippen molar-refractivity contribution >= 4 is 30.8 Å². The molecule has 1 unspecified atom stereocenters. The Bertz CT molecular complexity index is 2060. The van der Waals surface area contributed by atoms with E-state index < -0.39 is 104 Å². The molecule has 0 aromatic rings. The zero-order valence-electron chi connectivity index (χ0n) is 46.2. The molecular weight excluding hydrogens is 902 g/mol. The first-order valence-electron chi connectivity index (χ1n) is 26.6. The van der Waals surface area contributed by atoms with E-state index in [-0.39, 0.29) is 42.9 Å². The van der Waals surface area contributed by atoms with Crippen molar-refractivity contribution in [2.24, 2.45) is 35.5 Å². The maximum Gasteiger partial charge on any atom is 0.329 e. The van der Waals surface area contributed by atoms with Gasteiger partial charge in [0.25, 0.3) is 11.7 Å². The van der Waals surface area contributed by atoms with Crippen molar-refractivity contribution in [1.29, 1.82) is 0 Å². The van der Waals surface area contributed by atoms with Crippen LogP contribution < -0.4 is 0 Å². The third-order valence-electron chi connectivity index (χ3n) is 15.0. The number of allylic oxidation sites excluding steroid dienone is 6. The van der Waals surface area contributed by atoms with Gasteiger partial charge in [-0.1, -0.05) is 77.7 Å². The fourth-order valence-corrected chi connectivity index (χ4v) is 11.4. The Morgan fingerprint density at radius 1 is 0.928 bits per heavy atom. The van der Waals surface area contributed by atoms with Crippen molar-refractivity contribution in [3.05, 3.63) is 59.8 Å². The second kappa shape index (κ2) is 26.6. The molecule has 3 fully saturated rings. The van der Waals surface area contributed by atoms with Crippen LogP contribution in [-0.2, 0) is 52.0 Å². The molecular formula is C54H86NO13P. The van der Waals surface area contributed by atoms with Gasteiger partial charge < -0.3 is 43.3 Å². The molecule has 15 heteroatoms. The van der Waals surface area contributed by atoms with Crippen LogP contribution in [0.3, 0.4) is 0 Å². The summed E-state index contributed by atoms with van der Waals surface area (Å²) >= 11 is 0. The van der Waals surface area contributed by atoms with Crippen LogP contribution in [0.4, 0.5) is 0 Å². The fraction of sp³-hybridized carbons (Fsp3) is 0.741. The van der Waals surface area contributed by atoms with E-state index in [1.165, 1.54) is 19.1 Å². The van der Waals surface area contributed by atoms with Gasteiger partial charge in [-0.25, -0.2) is 4.79 Å². The summed E-state index contributed by atoms with van der Waals surface area (Å²) in [6.45, 7) is 15.8. The second-order valence-corrected chi connectivity index (χ2v) is 22.6. The lowest BCUT2D eigenvalue weighted by Gasteiger charge is -2.42. The van der Waals surface area contributed by atoms with Crippen LogP contribution in [0.5, 0.6) is 0 Å². The molecule has 4 aliphatic rings. The predicted octanol–water partition coefficient (Wildman–Crippen LogP) is 8.73. The van der Waals surface area contributed by atoms with E-state index in [2.05, 4.69) is 19.6 Å². The quantitative estimate of drug-likeness (QED) is 0.102. The molecule has 1 saturated carbocycles. The highest BCUT2D eigenvalue weighted by Gasteiger charge is 2.53. The number of carbonyl (C=O) groups is 4. The topological polar surface area (TPSA) is 184 Å². The zero-order chi connectivity index (χ0) is 53.9. The number of esters is 1. The molecule has 2 N–H and O–H groups in total. The average Bonchev–Trinajstić information content (AvgIpc) is 3.32. The highest BCUT2D eigenvalue weighted by atomic mass is 31.2. The molecule has 0 spiro atoms. The number of ketones is 2. The minimum Gasteiger partial charge on any atom is -0.460 e. The summed E-state index contributed by atoms with van der Waals surface area (Å²) in [5.41, 5.74) is 2.11. The Labute approximate surface area is 417 Å². The van der Waals surface area contributed by atoms with E-state index in [1.807, 2.05) is 45.1 Å². The highest BCUT2D eigenvalue weighted by molar-refractivity contribution is 7.57. The van der Waals surface area contributed by atoms with E-state index in [9.17, 15) is 34.0 Å². The number of Topliss-reactive ketones (excluding diaryl/α,β-unsaturated/α-hetero) is 2. The van der Waals surface area contributed by atoms with Crippen LogP contribution in [0.1, 0.15) is 130 Å². The minimum atomic E-state index is -3.99. The van der Waals surface area contributed by atoms with Gasteiger partial charge >= 0.3 is 5.97 Å². The summed E-state index contributed by atoms with van der Waals surface area (Å²) < 4.78 is 71.9. The van der Waals surface area contributed by atoms with Crippen LogP contribution >= 0.6 is 7.37 Å². The van der Waals surface area contributed by atoms with Gasteiger partial charge in [0, 0.05) is 69.9 Å². The number of carbonyl (C=O) groups excluding carboxylic acids is 4. The largest absolute Gasteiger partial charge is 0.460 e. The monoisotopic (exact) mass is 991 g/mol.